The molecule has 0 atom stereocenters. The van der Waals surface area contributed by atoms with Crippen molar-refractivity contribution < 1.29 is 0 Å². The van der Waals surface area contributed by atoms with Gasteiger partial charge in [0.25, 0.3) is 0 Å². The molecule has 1 aliphatic carbocycles. The van der Waals surface area contributed by atoms with Gasteiger partial charge in [-0.3, -0.25) is 0 Å². The molecule has 0 radical (unpaired) electrons. The van der Waals surface area contributed by atoms with E-state index in [4.69, 9.17) is 0 Å². The fourth-order valence-electron chi connectivity index (χ4n) is 2.96. The number of nitrogens with zero attached hydrogens (tertiary/aromatic N) is 2. The molecule has 1 saturated carbocycles. The van der Waals surface area contributed by atoms with Gasteiger partial charge in [-0.25, -0.2) is 4.98 Å². The summed E-state index contributed by atoms with van der Waals surface area (Å²) < 4.78 is 2.27. The Morgan fingerprint density at radius 3 is 2.72 bits per heavy atom. The predicted octanol–water partition coefficient (Wildman–Crippen LogP) is 3.35. The van der Waals surface area contributed by atoms with Crippen LogP contribution < -0.4 is 5.32 Å². The summed E-state index contributed by atoms with van der Waals surface area (Å²) in [6.45, 7) is 6.59. The van der Waals surface area contributed by atoms with E-state index < -0.39 is 0 Å². The highest BCUT2D eigenvalue weighted by molar-refractivity contribution is 4.98. The number of aromatic nitrogens is 2. The monoisotopic (exact) mass is 249 g/mol. The Kier molecular flexibility index (Phi) is 5.24. The lowest BCUT2D eigenvalue weighted by molar-refractivity contribution is 0.284. The lowest BCUT2D eigenvalue weighted by Gasteiger charge is -2.28. The number of imidazole rings is 1. The van der Waals surface area contributed by atoms with Crippen molar-refractivity contribution in [1.29, 1.82) is 0 Å². The van der Waals surface area contributed by atoms with Gasteiger partial charge in [-0.05, 0) is 38.0 Å². The van der Waals surface area contributed by atoms with Crippen molar-refractivity contribution in [2.75, 3.05) is 0 Å². The molecule has 1 aromatic rings. The van der Waals surface area contributed by atoms with Crippen molar-refractivity contribution >= 4 is 0 Å². The van der Waals surface area contributed by atoms with Crippen molar-refractivity contribution in [3.05, 3.63) is 18.2 Å². The third-order valence-electron chi connectivity index (χ3n) is 4.26. The standard InChI is InChI=1S/C15H27N3/c1-3-9-18-12-16-10-15(18)11-17-14-7-5-13(4-2)6-8-14/h10,12-14,17H,3-9,11H2,1-2H3. The van der Waals surface area contributed by atoms with Crippen molar-refractivity contribution in [3.63, 3.8) is 0 Å². The molecule has 0 aromatic carbocycles. The molecule has 0 amide bonds. The summed E-state index contributed by atoms with van der Waals surface area (Å²) in [5, 5.41) is 3.71. The minimum atomic E-state index is 0.720. The van der Waals surface area contributed by atoms with E-state index in [1.54, 1.807) is 0 Å². The first-order valence-electron chi connectivity index (χ1n) is 7.55. The van der Waals surface area contributed by atoms with Crippen molar-refractivity contribution in [1.82, 2.24) is 14.9 Å². The first kappa shape index (κ1) is 13.6. The highest BCUT2D eigenvalue weighted by atomic mass is 15.1. The van der Waals surface area contributed by atoms with Crippen LogP contribution in [0.25, 0.3) is 0 Å². The number of nitrogens with one attached hydrogen (secondary N) is 1. The van der Waals surface area contributed by atoms with E-state index in [1.165, 1.54) is 44.2 Å². The molecule has 0 unspecified atom stereocenters. The van der Waals surface area contributed by atoms with Crippen LogP contribution >= 0.6 is 0 Å². The first-order valence-corrected chi connectivity index (χ1v) is 7.55. The summed E-state index contributed by atoms with van der Waals surface area (Å²) in [6.07, 6.45) is 12.0. The van der Waals surface area contributed by atoms with Crippen molar-refractivity contribution in [3.8, 4) is 0 Å². The van der Waals surface area contributed by atoms with Crippen LogP contribution in [0.3, 0.4) is 0 Å². The smallest absolute Gasteiger partial charge is 0.0948 e. The fourth-order valence-corrected chi connectivity index (χ4v) is 2.96. The summed E-state index contributed by atoms with van der Waals surface area (Å²) >= 11 is 0. The maximum absolute atomic E-state index is 4.25. The largest absolute Gasteiger partial charge is 0.333 e. The zero-order valence-corrected chi connectivity index (χ0v) is 11.9. The molecule has 0 saturated heterocycles. The lowest BCUT2D eigenvalue weighted by atomic mass is 9.84. The molecule has 1 aromatic heterocycles. The molecule has 1 fully saturated rings. The summed E-state index contributed by atoms with van der Waals surface area (Å²) in [5.74, 6) is 0.980. The zero-order chi connectivity index (χ0) is 12.8. The number of aryl methyl sites for hydroxylation is 1. The Balaban J connectivity index is 1.76. The summed E-state index contributed by atoms with van der Waals surface area (Å²) in [5.41, 5.74) is 1.33. The zero-order valence-electron chi connectivity index (χ0n) is 11.9. The lowest BCUT2D eigenvalue weighted by Crippen LogP contribution is -2.33. The van der Waals surface area contributed by atoms with Crippen LogP contribution in [0.5, 0.6) is 0 Å². The minimum Gasteiger partial charge on any atom is -0.333 e. The second-order valence-electron chi connectivity index (χ2n) is 5.59. The van der Waals surface area contributed by atoms with Gasteiger partial charge in [0.05, 0.1) is 12.0 Å². The van der Waals surface area contributed by atoms with Gasteiger partial charge in [0.1, 0.15) is 0 Å². The van der Waals surface area contributed by atoms with Crippen LogP contribution in [0.15, 0.2) is 12.5 Å². The molecule has 0 spiro atoms. The van der Waals surface area contributed by atoms with E-state index in [0.29, 0.717) is 0 Å². The molecule has 1 aliphatic rings. The second-order valence-corrected chi connectivity index (χ2v) is 5.59. The molecule has 0 aliphatic heterocycles. The van der Waals surface area contributed by atoms with Gasteiger partial charge in [-0.15, -0.1) is 0 Å². The second kappa shape index (κ2) is 6.93. The molecular formula is C15H27N3. The van der Waals surface area contributed by atoms with E-state index in [0.717, 1.165) is 25.0 Å². The van der Waals surface area contributed by atoms with Crippen LogP contribution in [-0.2, 0) is 13.1 Å². The van der Waals surface area contributed by atoms with E-state index in [1.807, 2.05) is 12.5 Å². The Bertz CT molecular complexity index is 337. The first-order chi connectivity index (χ1) is 8.83. The van der Waals surface area contributed by atoms with Crippen LogP contribution in [0.1, 0.15) is 58.1 Å². The highest BCUT2D eigenvalue weighted by Gasteiger charge is 2.19. The Morgan fingerprint density at radius 1 is 1.28 bits per heavy atom. The van der Waals surface area contributed by atoms with Crippen LogP contribution in [-0.4, -0.2) is 15.6 Å². The van der Waals surface area contributed by atoms with Crippen LogP contribution in [0.4, 0.5) is 0 Å². The van der Waals surface area contributed by atoms with E-state index in [2.05, 4.69) is 28.7 Å². The predicted molar refractivity (Wildman–Crippen MR) is 75.4 cm³/mol. The molecule has 3 heteroatoms. The van der Waals surface area contributed by atoms with Gasteiger partial charge in [-0.1, -0.05) is 20.3 Å². The van der Waals surface area contributed by atoms with Gasteiger partial charge >= 0.3 is 0 Å². The Morgan fingerprint density at radius 2 is 2.06 bits per heavy atom. The molecule has 18 heavy (non-hydrogen) atoms. The number of hydrogen-bond acceptors (Lipinski definition) is 2. The molecule has 1 heterocycles. The van der Waals surface area contributed by atoms with Crippen LogP contribution in [0, 0.1) is 5.92 Å². The average Bonchev–Trinajstić information content (AvgIpc) is 2.85. The third-order valence-corrected chi connectivity index (χ3v) is 4.26. The minimum absolute atomic E-state index is 0.720. The van der Waals surface area contributed by atoms with E-state index >= 15 is 0 Å². The van der Waals surface area contributed by atoms with E-state index in [-0.39, 0.29) is 0 Å². The SMILES string of the molecule is CCCn1cncc1CNC1CCC(CC)CC1. The quantitative estimate of drug-likeness (QED) is 0.838. The van der Waals surface area contributed by atoms with Crippen molar-refractivity contribution in [2.45, 2.75) is 71.5 Å². The normalized spacial score (nSPS) is 24.3. The molecule has 0 bridgehead atoms. The molecule has 2 rings (SSSR count). The molecular weight excluding hydrogens is 222 g/mol. The fraction of sp³-hybridized carbons (Fsp3) is 0.800. The average molecular weight is 249 g/mol. The molecule has 102 valence electrons. The van der Waals surface area contributed by atoms with Crippen LogP contribution in [0.2, 0.25) is 0 Å². The Labute approximate surface area is 111 Å². The third kappa shape index (κ3) is 3.58. The summed E-state index contributed by atoms with van der Waals surface area (Å²) in [7, 11) is 0. The van der Waals surface area contributed by atoms with Gasteiger partial charge in [0.2, 0.25) is 0 Å². The topological polar surface area (TPSA) is 29.9 Å². The van der Waals surface area contributed by atoms with Crippen molar-refractivity contribution in [2.24, 2.45) is 5.92 Å². The van der Waals surface area contributed by atoms with Gasteiger partial charge in [-0.2, -0.15) is 0 Å². The highest BCUT2D eigenvalue weighted by Crippen LogP contribution is 2.26. The van der Waals surface area contributed by atoms with E-state index in [9.17, 15) is 0 Å². The maximum atomic E-state index is 4.25. The summed E-state index contributed by atoms with van der Waals surface area (Å²) in [4.78, 5) is 4.25. The molecule has 1 N–H and O–H groups in total. The number of rotatable bonds is 6. The van der Waals surface area contributed by atoms with Gasteiger partial charge < -0.3 is 9.88 Å². The molecule has 3 nitrogen and oxygen atoms in total. The van der Waals surface area contributed by atoms with Gasteiger partial charge in [0, 0.05) is 25.3 Å². The number of hydrogen-bond donors (Lipinski definition) is 1. The summed E-state index contributed by atoms with van der Waals surface area (Å²) in [6, 6.07) is 0.720. The maximum Gasteiger partial charge on any atom is 0.0948 e. The Hall–Kier alpha value is -0.830. The van der Waals surface area contributed by atoms with Gasteiger partial charge in [0.15, 0.2) is 0 Å².